The molecule has 0 fully saturated rings. The first kappa shape index (κ1) is 26.8. The highest BCUT2D eigenvalue weighted by Crippen LogP contribution is 2.01. The molecule has 156 valence electrons. The molecule has 0 saturated carbocycles. The zero-order chi connectivity index (χ0) is 21.2. The second kappa shape index (κ2) is 17.0. The monoisotopic (exact) mass is 389 g/mol. The molecule has 0 aromatic heterocycles. The number of nitrogens with two attached hydrogens (primary N) is 1. The van der Waals surface area contributed by atoms with E-state index in [1.54, 1.807) is 20.8 Å². The molecule has 0 heterocycles. The number of hydrogen-bond acceptors (Lipinski definition) is 8. The minimum Gasteiger partial charge on any atom is -0.460 e. The number of carbonyl (C=O) groups is 3. The molecule has 0 rings (SSSR count). The molecule has 3 atom stereocenters. The van der Waals surface area contributed by atoms with Gasteiger partial charge in [-0.1, -0.05) is 13.2 Å². The third-order valence-corrected chi connectivity index (χ3v) is 2.63. The predicted molar refractivity (Wildman–Crippen MR) is 98.9 cm³/mol. The van der Waals surface area contributed by atoms with Gasteiger partial charge in [-0.2, -0.15) is 0 Å². The smallest absolute Gasteiger partial charge is 0.404 e. The fourth-order valence-electron chi connectivity index (χ4n) is 1.38. The summed E-state index contributed by atoms with van der Waals surface area (Å²) < 4.78 is 25.0. The molecular weight excluding hydrogens is 358 g/mol. The van der Waals surface area contributed by atoms with Gasteiger partial charge < -0.3 is 29.4 Å². The van der Waals surface area contributed by atoms with Crippen LogP contribution in [0.1, 0.15) is 27.7 Å². The van der Waals surface area contributed by atoms with Crippen molar-refractivity contribution < 1.29 is 38.1 Å². The summed E-state index contributed by atoms with van der Waals surface area (Å²) in [5, 5.41) is 0. The maximum atomic E-state index is 11.0. The Hall–Kier alpha value is -2.39. The quantitative estimate of drug-likeness (QED) is 0.304. The van der Waals surface area contributed by atoms with Crippen LogP contribution < -0.4 is 5.73 Å². The van der Waals surface area contributed by atoms with Crippen molar-refractivity contribution in [2.45, 2.75) is 46.0 Å². The zero-order valence-electron chi connectivity index (χ0n) is 16.5. The van der Waals surface area contributed by atoms with Crippen LogP contribution in [-0.2, 0) is 33.3 Å². The third kappa shape index (κ3) is 19.8. The lowest BCUT2D eigenvalue weighted by Crippen LogP contribution is -2.27. The van der Waals surface area contributed by atoms with Gasteiger partial charge in [-0.25, -0.2) is 14.4 Å². The van der Waals surface area contributed by atoms with E-state index in [0.717, 1.165) is 12.2 Å². The van der Waals surface area contributed by atoms with Crippen LogP contribution in [0.2, 0.25) is 0 Å². The molecule has 0 aromatic rings. The molecule has 0 bridgehead atoms. The molecule has 0 spiro atoms. The number of rotatable bonds is 12. The van der Waals surface area contributed by atoms with Gasteiger partial charge in [-0.3, -0.25) is 0 Å². The van der Waals surface area contributed by atoms with E-state index in [4.69, 9.17) is 18.9 Å². The Morgan fingerprint density at radius 2 is 1.33 bits per heavy atom. The van der Waals surface area contributed by atoms with Crippen molar-refractivity contribution in [1.82, 2.24) is 0 Å². The summed E-state index contributed by atoms with van der Waals surface area (Å²) in [5.74, 6) is -0.958. The van der Waals surface area contributed by atoms with E-state index < -0.39 is 18.0 Å². The van der Waals surface area contributed by atoms with E-state index in [2.05, 4.69) is 23.6 Å². The average Bonchev–Trinajstić information content (AvgIpc) is 2.62. The van der Waals surface area contributed by atoms with E-state index in [9.17, 15) is 14.4 Å². The van der Waals surface area contributed by atoms with Crippen LogP contribution in [0.5, 0.6) is 0 Å². The van der Waals surface area contributed by atoms with Crippen LogP contribution in [0.25, 0.3) is 0 Å². The molecule has 27 heavy (non-hydrogen) atoms. The summed E-state index contributed by atoms with van der Waals surface area (Å²) in [7, 11) is 0. The molecule has 0 aliphatic heterocycles. The Kier molecular flexibility index (Phi) is 16.9. The minimum atomic E-state index is -0.711. The maximum Gasteiger partial charge on any atom is 0.404 e. The summed E-state index contributed by atoms with van der Waals surface area (Å²) in [4.78, 5) is 31.4. The van der Waals surface area contributed by atoms with Crippen molar-refractivity contribution in [2.24, 2.45) is 5.73 Å². The van der Waals surface area contributed by atoms with Crippen LogP contribution in [0.4, 0.5) is 4.79 Å². The van der Waals surface area contributed by atoms with E-state index in [0.29, 0.717) is 13.2 Å². The lowest BCUT2D eigenvalue weighted by molar-refractivity contribution is -0.148. The van der Waals surface area contributed by atoms with Gasteiger partial charge >= 0.3 is 18.0 Å². The van der Waals surface area contributed by atoms with Crippen LogP contribution in [0, 0.1) is 0 Å². The van der Waals surface area contributed by atoms with Crippen LogP contribution in [0.3, 0.4) is 0 Å². The van der Waals surface area contributed by atoms with E-state index in [1.807, 2.05) is 6.92 Å². The first-order valence-electron chi connectivity index (χ1n) is 8.43. The lowest BCUT2D eigenvalue weighted by atomic mass is 10.4. The Bertz CT molecular complexity index is 466. The fourth-order valence-corrected chi connectivity index (χ4v) is 1.38. The molecule has 2 N–H and O–H groups in total. The van der Waals surface area contributed by atoms with Crippen molar-refractivity contribution in [3.05, 3.63) is 25.3 Å². The van der Waals surface area contributed by atoms with Crippen molar-refractivity contribution in [3.8, 4) is 0 Å². The number of esters is 2. The highest BCUT2D eigenvalue weighted by atomic mass is 16.6. The normalized spacial score (nSPS) is 13.0. The molecule has 9 heteroatoms. The average molecular weight is 389 g/mol. The highest BCUT2D eigenvalue weighted by Gasteiger charge is 2.12. The standard InChI is InChI=1S/C15H24O6.C3H7NO2/c1-6-14(16)20-9-12(4)18-8-11(3)19-10-13(5)21-15(17)7-2;1-2-6-3(4)5/h6-7,11-13H,1-2,8-10H2,3-5H3;2H2,1H3,(H2,4,5). The molecule has 1 amide bonds. The van der Waals surface area contributed by atoms with Gasteiger partial charge in [0.2, 0.25) is 0 Å². The Labute approximate surface area is 160 Å². The van der Waals surface area contributed by atoms with E-state index in [1.165, 1.54) is 0 Å². The Balaban J connectivity index is 0. The summed E-state index contributed by atoms with van der Waals surface area (Å²) in [6.07, 6.45) is 0.726. The van der Waals surface area contributed by atoms with E-state index >= 15 is 0 Å². The number of ether oxygens (including phenoxy) is 5. The topological polar surface area (TPSA) is 123 Å². The minimum absolute atomic E-state index is 0.158. The number of carbonyl (C=O) groups excluding carboxylic acids is 3. The molecule has 0 aromatic carbocycles. The first-order valence-corrected chi connectivity index (χ1v) is 8.43. The second-order valence-corrected chi connectivity index (χ2v) is 5.33. The number of hydrogen-bond donors (Lipinski definition) is 1. The van der Waals surface area contributed by atoms with Gasteiger partial charge in [0.1, 0.15) is 12.7 Å². The third-order valence-electron chi connectivity index (χ3n) is 2.63. The zero-order valence-corrected chi connectivity index (χ0v) is 16.5. The van der Waals surface area contributed by atoms with Crippen LogP contribution in [-0.4, -0.2) is 62.8 Å². The van der Waals surface area contributed by atoms with E-state index in [-0.39, 0.29) is 31.5 Å². The molecule has 0 aliphatic carbocycles. The SMILES string of the molecule is C=CC(=O)OCC(C)OCC(C)OCC(C)OC(=O)C=C.CCOC(N)=O. The van der Waals surface area contributed by atoms with Gasteiger partial charge in [0.05, 0.1) is 32.0 Å². The number of amides is 1. The van der Waals surface area contributed by atoms with Gasteiger partial charge in [-0.15, -0.1) is 0 Å². The maximum absolute atomic E-state index is 11.0. The molecular formula is C18H31NO8. The second-order valence-electron chi connectivity index (χ2n) is 5.33. The fraction of sp³-hybridized carbons (Fsp3) is 0.611. The van der Waals surface area contributed by atoms with Crippen molar-refractivity contribution >= 4 is 18.0 Å². The summed E-state index contributed by atoms with van der Waals surface area (Å²) in [6, 6.07) is 0. The molecule has 0 aliphatic rings. The van der Waals surface area contributed by atoms with Crippen molar-refractivity contribution in [2.75, 3.05) is 26.4 Å². The molecule has 3 unspecified atom stereocenters. The van der Waals surface area contributed by atoms with Crippen molar-refractivity contribution in [3.63, 3.8) is 0 Å². The van der Waals surface area contributed by atoms with Gasteiger partial charge in [0, 0.05) is 12.2 Å². The number of primary amides is 1. The molecule has 9 nitrogen and oxygen atoms in total. The van der Waals surface area contributed by atoms with Gasteiger partial charge in [0.15, 0.2) is 0 Å². The summed E-state index contributed by atoms with van der Waals surface area (Å²) >= 11 is 0. The Morgan fingerprint density at radius 3 is 1.74 bits per heavy atom. The molecule has 0 saturated heterocycles. The van der Waals surface area contributed by atoms with Crippen LogP contribution >= 0.6 is 0 Å². The first-order chi connectivity index (χ1) is 12.7. The van der Waals surface area contributed by atoms with Gasteiger partial charge in [-0.05, 0) is 27.7 Å². The summed E-state index contributed by atoms with van der Waals surface area (Å²) in [5.41, 5.74) is 4.54. The largest absolute Gasteiger partial charge is 0.460 e. The molecule has 0 radical (unpaired) electrons. The Morgan fingerprint density at radius 1 is 0.852 bits per heavy atom. The predicted octanol–water partition coefficient (Wildman–Crippen LogP) is 1.75. The summed E-state index contributed by atoms with van der Waals surface area (Å²) in [6.45, 7) is 14.8. The highest BCUT2D eigenvalue weighted by molar-refractivity contribution is 5.81. The van der Waals surface area contributed by atoms with Crippen LogP contribution in [0.15, 0.2) is 25.3 Å². The van der Waals surface area contributed by atoms with Crippen molar-refractivity contribution in [1.29, 1.82) is 0 Å². The van der Waals surface area contributed by atoms with Gasteiger partial charge in [0.25, 0.3) is 0 Å². The lowest BCUT2D eigenvalue weighted by Gasteiger charge is -2.19.